The minimum Gasteiger partial charge on any atom is -0.391 e. The normalized spacial score (nSPS) is 31.5. The fourth-order valence-corrected chi connectivity index (χ4v) is 2.93. The van der Waals surface area contributed by atoms with Crippen molar-refractivity contribution in [2.45, 2.75) is 44.0 Å². The first-order valence-corrected chi connectivity index (χ1v) is 7.21. The molecule has 1 saturated heterocycles. The van der Waals surface area contributed by atoms with Crippen LogP contribution in [0.2, 0.25) is 0 Å². The molecular formula is C14H18ClN3O5. The van der Waals surface area contributed by atoms with Crippen molar-refractivity contribution in [2.75, 3.05) is 12.8 Å². The van der Waals surface area contributed by atoms with Crippen LogP contribution in [0.25, 0.3) is 0 Å². The minimum absolute atomic E-state index is 0.0454. The largest absolute Gasteiger partial charge is 0.391 e. The van der Waals surface area contributed by atoms with Crippen LogP contribution in [0.15, 0.2) is 10.9 Å². The Labute approximate surface area is 137 Å². The Morgan fingerprint density at radius 3 is 2.78 bits per heavy atom. The molecule has 0 radical (unpaired) electrons. The van der Waals surface area contributed by atoms with Crippen molar-refractivity contribution in [2.24, 2.45) is 0 Å². The molecule has 0 aromatic carbocycles. The summed E-state index contributed by atoms with van der Waals surface area (Å²) in [5, 5.41) is 22.9. The maximum absolute atomic E-state index is 12.2. The first-order valence-electron chi connectivity index (χ1n) is 6.83. The van der Waals surface area contributed by atoms with Crippen molar-refractivity contribution in [1.29, 1.82) is 0 Å². The predicted molar refractivity (Wildman–Crippen MR) is 82.6 cm³/mol. The number of nitrogens with zero attached hydrogens (tertiary/aromatic N) is 2. The van der Waals surface area contributed by atoms with E-state index in [9.17, 15) is 15.0 Å². The second kappa shape index (κ2) is 6.47. The lowest BCUT2D eigenvalue weighted by atomic mass is 9.92. The van der Waals surface area contributed by atoms with Gasteiger partial charge in [-0.1, -0.05) is 0 Å². The number of aryl methyl sites for hydroxylation is 1. The van der Waals surface area contributed by atoms with Gasteiger partial charge in [-0.3, -0.25) is 4.57 Å². The molecule has 0 aliphatic carbocycles. The number of nitrogens with two attached hydrogens (primary N) is 1. The number of aromatic nitrogens is 2. The molecule has 126 valence electrons. The van der Waals surface area contributed by atoms with Gasteiger partial charge in [0, 0.05) is 18.2 Å². The molecule has 1 unspecified atom stereocenters. The molecule has 8 nitrogen and oxygen atoms in total. The first kappa shape index (κ1) is 17.7. The summed E-state index contributed by atoms with van der Waals surface area (Å²) in [4.78, 5) is 15.8. The molecular weight excluding hydrogens is 326 g/mol. The van der Waals surface area contributed by atoms with Gasteiger partial charge in [0.1, 0.15) is 18.0 Å². The molecule has 1 fully saturated rings. The highest BCUT2D eigenvalue weighted by Crippen LogP contribution is 2.40. The van der Waals surface area contributed by atoms with Crippen LogP contribution >= 0.6 is 11.6 Å². The maximum Gasteiger partial charge on any atom is 0.351 e. The lowest BCUT2D eigenvalue weighted by Crippen LogP contribution is -2.50. The van der Waals surface area contributed by atoms with Gasteiger partial charge in [-0.15, -0.1) is 0 Å². The summed E-state index contributed by atoms with van der Waals surface area (Å²) >= 11 is 5.46. The highest BCUT2D eigenvalue weighted by atomic mass is 35.5. The average Bonchev–Trinajstić information content (AvgIpc) is 2.71. The second-order valence-corrected chi connectivity index (χ2v) is 5.56. The molecule has 9 heteroatoms. The van der Waals surface area contributed by atoms with Crippen LogP contribution < -0.4 is 11.4 Å². The summed E-state index contributed by atoms with van der Waals surface area (Å²) < 4.78 is 12.0. The van der Waals surface area contributed by atoms with E-state index in [-0.39, 0.29) is 5.82 Å². The van der Waals surface area contributed by atoms with Crippen LogP contribution in [0, 0.1) is 18.2 Å². The van der Waals surface area contributed by atoms with E-state index in [0.717, 1.165) is 4.57 Å². The number of ether oxygens (including phenoxy) is 2. The molecule has 2 heterocycles. The molecule has 1 aliphatic rings. The topological polar surface area (TPSA) is 120 Å². The van der Waals surface area contributed by atoms with Gasteiger partial charge in [-0.05, 0) is 37.4 Å². The zero-order valence-corrected chi connectivity index (χ0v) is 13.6. The predicted octanol–water partition coefficient (Wildman–Crippen LogP) is -0.642. The Kier molecular flexibility index (Phi) is 4.98. The number of hydrogen-bond acceptors (Lipinski definition) is 7. The molecule has 2 rings (SSSR count). The lowest BCUT2D eigenvalue weighted by molar-refractivity contribution is -0.0893. The minimum atomic E-state index is -1.95. The molecule has 0 spiro atoms. The van der Waals surface area contributed by atoms with Gasteiger partial charge in [0.25, 0.3) is 0 Å². The van der Waals surface area contributed by atoms with Gasteiger partial charge in [0.05, 0.1) is 6.10 Å². The average molecular weight is 344 g/mol. The molecule has 1 aliphatic heterocycles. The third kappa shape index (κ3) is 2.94. The molecule has 0 amide bonds. The lowest BCUT2D eigenvalue weighted by Gasteiger charge is -2.29. The number of anilines is 1. The number of rotatable bonds is 3. The molecule has 1 aromatic rings. The van der Waals surface area contributed by atoms with Crippen LogP contribution in [0.5, 0.6) is 0 Å². The molecule has 0 bridgehead atoms. The number of halogens is 1. The van der Waals surface area contributed by atoms with E-state index in [1.807, 2.05) is 0 Å². The van der Waals surface area contributed by atoms with E-state index in [1.165, 1.54) is 20.1 Å². The fourth-order valence-electron chi connectivity index (χ4n) is 2.78. The van der Waals surface area contributed by atoms with Crippen molar-refractivity contribution in [3.05, 3.63) is 22.2 Å². The van der Waals surface area contributed by atoms with Gasteiger partial charge in [-0.2, -0.15) is 4.98 Å². The molecule has 4 N–H and O–H groups in total. The zero-order valence-electron chi connectivity index (χ0n) is 12.9. The second-order valence-electron chi connectivity index (χ2n) is 5.37. The summed E-state index contributed by atoms with van der Waals surface area (Å²) in [6.07, 6.45) is -4.19. The third-order valence-electron chi connectivity index (χ3n) is 3.77. The third-order valence-corrected chi connectivity index (χ3v) is 3.87. The van der Waals surface area contributed by atoms with Gasteiger partial charge < -0.3 is 25.4 Å². The number of hydrogen-bond donors (Lipinski definition) is 3. The number of nitrogen functional groups attached to an aromatic ring is 1. The Morgan fingerprint density at radius 1 is 1.65 bits per heavy atom. The van der Waals surface area contributed by atoms with Crippen LogP contribution in [-0.2, 0) is 9.47 Å². The van der Waals surface area contributed by atoms with Crippen LogP contribution in [0.4, 0.5) is 5.82 Å². The maximum atomic E-state index is 12.2. The summed E-state index contributed by atoms with van der Waals surface area (Å²) in [6, 6.07) is 1.46. The van der Waals surface area contributed by atoms with E-state index in [2.05, 4.69) is 16.3 Å². The Hall–Kier alpha value is -1.63. The molecule has 23 heavy (non-hydrogen) atoms. The van der Waals surface area contributed by atoms with Gasteiger partial charge in [0.2, 0.25) is 5.60 Å². The standard InChI is InChI=1S/C14H18ClN3O5/c1-7-6-9(16)17-13(20)18(7)12-14(21,4-5-15)11(22-3)10(23-12)8(2)19/h6,8,10-12,19,21H,1-3H3,(H2,16,17,20)/t8-,10+,11-,12+,14?/m0/s1. The summed E-state index contributed by atoms with van der Waals surface area (Å²) in [7, 11) is 1.34. The zero-order chi connectivity index (χ0) is 17.4. The van der Waals surface area contributed by atoms with Crippen molar-refractivity contribution in [3.8, 4) is 11.3 Å². The van der Waals surface area contributed by atoms with Crippen molar-refractivity contribution in [1.82, 2.24) is 9.55 Å². The van der Waals surface area contributed by atoms with E-state index in [0.29, 0.717) is 5.69 Å². The SMILES string of the molecule is CO[C@H]1[C@@H]([C@H](C)O)O[C@@H](n2c(C)cc(N)nc2=O)C1(O)C#CCl. The summed E-state index contributed by atoms with van der Waals surface area (Å²) in [5.41, 5.74) is 3.27. The fraction of sp³-hybridized carbons (Fsp3) is 0.571. The van der Waals surface area contributed by atoms with Gasteiger partial charge in [0.15, 0.2) is 6.23 Å². The van der Waals surface area contributed by atoms with Crippen LogP contribution in [0.3, 0.4) is 0 Å². The monoisotopic (exact) mass is 343 g/mol. The molecule has 5 atom stereocenters. The summed E-state index contributed by atoms with van der Waals surface area (Å²) in [5.74, 6) is 2.46. The van der Waals surface area contributed by atoms with E-state index in [1.54, 1.807) is 6.92 Å². The Morgan fingerprint density at radius 2 is 2.30 bits per heavy atom. The van der Waals surface area contributed by atoms with Crippen molar-refractivity contribution < 1.29 is 19.7 Å². The van der Waals surface area contributed by atoms with Gasteiger partial charge >= 0.3 is 5.69 Å². The Balaban J connectivity index is 2.64. The van der Waals surface area contributed by atoms with Gasteiger partial charge in [-0.25, -0.2) is 4.79 Å². The van der Waals surface area contributed by atoms with E-state index >= 15 is 0 Å². The highest BCUT2D eigenvalue weighted by molar-refractivity contribution is 6.30. The van der Waals surface area contributed by atoms with Crippen LogP contribution in [-0.4, -0.2) is 50.8 Å². The summed E-state index contributed by atoms with van der Waals surface area (Å²) in [6.45, 7) is 3.08. The van der Waals surface area contributed by atoms with Crippen molar-refractivity contribution >= 4 is 17.4 Å². The van der Waals surface area contributed by atoms with Crippen molar-refractivity contribution in [3.63, 3.8) is 0 Å². The Bertz CT molecular complexity index is 711. The van der Waals surface area contributed by atoms with Crippen LogP contribution in [0.1, 0.15) is 18.8 Å². The quantitative estimate of drug-likeness (QED) is 0.624. The van der Waals surface area contributed by atoms with E-state index < -0.39 is 35.8 Å². The first-order chi connectivity index (χ1) is 10.8. The number of methoxy groups -OCH3 is 1. The smallest absolute Gasteiger partial charge is 0.351 e. The molecule has 0 saturated carbocycles. The number of aliphatic hydroxyl groups excluding tert-OH is 1. The van der Waals surface area contributed by atoms with E-state index in [4.69, 9.17) is 26.8 Å². The molecule has 1 aromatic heterocycles. The number of aliphatic hydroxyl groups is 2. The highest BCUT2D eigenvalue weighted by Gasteiger charge is 2.58.